The van der Waals surface area contributed by atoms with Crippen molar-refractivity contribution in [1.82, 2.24) is 4.98 Å². The Balaban J connectivity index is 1.81. The summed E-state index contributed by atoms with van der Waals surface area (Å²) >= 11 is 12.0. The summed E-state index contributed by atoms with van der Waals surface area (Å²) in [5, 5.41) is 9.63. The lowest BCUT2D eigenvalue weighted by atomic mass is 9.85. The average Bonchev–Trinajstić information content (AvgIpc) is 3.26. The van der Waals surface area contributed by atoms with Crippen molar-refractivity contribution in [1.29, 1.82) is 5.26 Å². The molecular weight excluding hydrogens is 489 g/mol. The second kappa shape index (κ2) is 10.0. The maximum absolute atomic E-state index is 11.7. The van der Waals surface area contributed by atoms with E-state index < -0.39 is 15.4 Å². The third-order valence-corrected chi connectivity index (χ3v) is 6.34. The molecule has 33 heavy (non-hydrogen) atoms. The van der Waals surface area contributed by atoms with Gasteiger partial charge in [-0.15, -0.1) is 11.6 Å². The number of aromatic nitrogens is 1. The van der Waals surface area contributed by atoms with Crippen LogP contribution >= 0.6 is 23.2 Å². The first-order chi connectivity index (χ1) is 15.6. The standard InChI is InChI=1S/C22H21Cl2N3O5S/c1-22(26,16-9-14(11-25)20(18(24)10-16)30-8-7-23)15-3-5-17(6-4-15)31-12-19-21(27-13-32-19)33(2,28)29/h3-6,9-10,13H,7-8,12,26H2,1-2H3. The molecule has 8 nitrogen and oxygen atoms in total. The Bertz CT molecular complexity index is 1280. The summed E-state index contributed by atoms with van der Waals surface area (Å²) in [4.78, 5) is 3.72. The van der Waals surface area contributed by atoms with Gasteiger partial charge in [0.1, 0.15) is 25.0 Å². The van der Waals surface area contributed by atoms with Gasteiger partial charge >= 0.3 is 0 Å². The van der Waals surface area contributed by atoms with Crippen LogP contribution in [0.25, 0.3) is 0 Å². The van der Waals surface area contributed by atoms with Gasteiger partial charge in [-0.3, -0.25) is 0 Å². The maximum Gasteiger partial charge on any atom is 0.200 e. The van der Waals surface area contributed by atoms with Crippen molar-refractivity contribution in [3.63, 3.8) is 0 Å². The molecule has 3 aromatic rings. The van der Waals surface area contributed by atoms with E-state index in [0.29, 0.717) is 11.3 Å². The van der Waals surface area contributed by atoms with E-state index in [-0.39, 0.29) is 46.2 Å². The fraction of sp³-hybridized carbons (Fsp3) is 0.273. The zero-order valence-electron chi connectivity index (χ0n) is 17.8. The lowest BCUT2D eigenvalue weighted by molar-refractivity contribution is 0.265. The molecule has 3 rings (SSSR count). The molecule has 0 aliphatic rings. The summed E-state index contributed by atoms with van der Waals surface area (Å²) in [6, 6.07) is 12.3. The van der Waals surface area contributed by atoms with E-state index in [4.69, 9.17) is 42.8 Å². The Labute approximate surface area is 201 Å². The molecule has 1 aromatic heterocycles. The average molecular weight is 510 g/mol. The first-order valence-electron chi connectivity index (χ1n) is 9.65. The zero-order valence-corrected chi connectivity index (χ0v) is 20.2. The number of benzene rings is 2. The topological polar surface area (TPSA) is 128 Å². The number of nitriles is 1. The van der Waals surface area contributed by atoms with Gasteiger partial charge < -0.3 is 19.6 Å². The van der Waals surface area contributed by atoms with Crippen LogP contribution in [-0.2, 0) is 22.0 Å². The van der Waals surface area contributed by atoms with E-state index in [1.165, 1.54) is 0 Å². The highest BCUT2D eigenvalue weighted by Gasteiger charge is 2.27. The second-order valence-electron chi connectivity index (χ2n) is 7.35. The Hall–Kier alpha value is -2.77. The largest absolute Gasteiger partial charge is 0.489 e. The Kier molecular flexibility index (Phi) is 7.55. The lowest BCUT2D eigenvalue weighted by Crippen LogP contribution is -2.34. The fourth-order valence-electron chi connectivity index (χ4n) is 3.14. The van der Waals surface area contributed by atoms with Crippen LogP contribution in [0.5, 0.6) is 11.5 Å². The third kappa shape index (κ3) is 5.60. The van der Waals surface area contributed by atoms with Gasteiger partial charge in [0, 0.05) is 6.26 Å². The van der Waals surface area contributed by atoms with Crippen LogP contribution in [0.2, 0.25) is 5.02 Å². The summed E-state index contributed by atoms with van der Waals surface area (Å²) in [7, 11) is -3.52. The number of oxazole rings is 1. The van der Waals surface area contributed by atoms with Gasteiger partial charge in [-0.2, -0.15) is 5.26 Å². The Morgan fingerprint density at radius 2 is 1.91 bits per heavy atom. The molecule has 0 saturated carbocycles. The first kappa shape index (κ1) is 24.9. The Morgan fingerprint density at radius 1 is 1.21 bits per heavy atom. The van der Waals surface area contributed by atoms with Crippen molar-refractivity contribution in [2.75, 3.05) is 18.7 Å². The normalized spacial score (nSPS) is 13.2. The minimum absolute atomic E-state index is 0.105. The van der Waals surface area contributed by atoms with Crippen LogP contribution in [0.15, 0.2) is 52.2 Å². The Morgan fingerprint density at radius 3 is 2.52 bits per heavy atom. The van der Waals surface area contributed by atoms with Crippen LogP contribution in [0.1, 0.15) is 29.4 Å². The van der Waals surface area contributed by atoms with E-state index in [9.17, 15) is 13.7 Å². The number of sulfone groups is 1. The van der Waals surface area contributed by atoms with Gasteiger partial charge in [0.15, 0.2) is 32.8 Å². The molecule has 0 saturated heterocycles. The highest BCUT2D eigenvalue weighted by atomic mass is 35.5. The van der Waals surface area contributed by atoms with Gasteiger partial charge in [0.25, 0.3) is 0 Å². The molecule has 0 bridgehead atoms. The molecule has 0 radical (unpaired) electrons. The van der Waals surface area contributed by atoms with E-state index >= 15 is 0 Å². The molecule has 2 aromatic carbocycles. The number of nitrogens with zero attached hydrogens (tertiary/aromatic N) is 2. The van der Waals surface area contributed by atoms with Crippen molar-refractivity contribution in [2.24, 2.45) is 5.73 Å². The number of rotatable bonds is 9. The molecule has 11 heteroatoms. The molecule has 0 aliphatic heterocycles. The summed E-state index contributed by atoms with van der Waals surface area (Å²) in [6.45, 7) is 1.91. The molecule has 0 amide bonds. The highest BCUT2D eigenvalue weighted by Crippen LogP contribution is 2.36. The van der Waals surface area contributed by atoms with Gasteiger partial charge in [-0.25, -0.2) is 13.4 Å². The molecule has 2 N–H and O–H groups in total. The third-order valence-electron chi connectivity index (χ3n) is 4.87. The number of hydrogen-bond donors (Lipinski definition) is 1. The summed E-state index contributed by atoms with van der Waals surface area (Å²) in [6.07, 6.45) is 2.11. The lowest BCUT2D eigenvalue weighted by Gasteiger charge is -2.27. The van der Waals surface area contributed by atoms with Gasteiger partial charge in [0.2, 0.25) is 0 Å². The van der Waals surface area contributed by atoms with Gasteiger partial charge in [-0.05, 0) is 42.3 Å². The summed E-state index contributed by atoms with van der Waals surface area (Å²) in [5.74, 6) is 1.12. The van der Waals surface area contributed by atoms with Crippen LogP contribution in [0.4, 0.5) is 0 Å². The number of nitrogens with two attached hydrogens (primary N) is 1. The van der Waals surface area contributed by atoms with Gasteiger partial charge in [0.05, 0.1) is 22.0 Å². The molecular formula is C22H21Cl2N3O5S. The van der Waals surface area contributed by atoms with Crippen molar-refractivity contribution in [3.8, 4) is 17.6 Å². The summed E-state index contributed by atoms with van der Waals surface area (Å²) in [5.41, 5.74) is 7.25. The monoisotopic (exact) mass is 509 g/mol. The van der Waals surface area contributed by atoms with E-state index in [2.05, 4.69) is 11.1 Å². The number of hydrogen-bond acceptors (Lipinski definition) is 8. The van der Waals surface area contributed by atoms with E-state index in [1.54, 1.807) is 43.3 Å². The van der Waals surface area contributed by atoms with Crippen molar-refractivity contribution < 1.29 is 22.3 Å². The SMILES string of the molecule is CC(N)(c1ccc(OCc2ocnc2S(C)(=O)=O)cc1)c1cc(Cl)c(OCCCl)c(C#N)c1. The van der Waals surface area contributed by atoms with Gasteiger partial charge in [-0.1, -0.05) is 23.7 Å². The number of ether oxygens (including phenoxy) is 2. The van der Waals surface area contributed by atoms with Crippen molar-refractivity contribution >= 4 is 33.0 Å². The quantitative estimate of drug-likeness (QED) is 0.428. The molecule has 1 atom stereocenters. The molecule has 1 heterocycles. The minimum atomic E-state index is -3.52. The van der Waals surface area contributed by atoms with Crippen LogP contribution < -0.4 is 15.2 Å². The number of halogens is 2. The molecule has 0 fully saturated rings. The van der Waals surface area contributed by atoms with Crippen LogP contribution in [-0.4, -0.2) is 32.1 Å². The summed E-state index contributed by atoms with van der Waals surface area (Å²) < 4.78 is 39.7. The fourth-order valence-corrected chi connectivity index (χ4v) is 4.24. The van der Waals surface area contributed by atoms with E-state index in [0.717, 1.165) is 18.2 Å². The maximum atomic E-state index is 11.7. The molecule has 0 aliphatic carbocycles. The zero-order chi connectivity index (χ0) is 24.2. The van der Waals surface area contributed by atoms with E-state index in [1.807, 2.05) is 0 Å². The minimum Gasteiger partial charge on any atom is -0.489 e. The predicted octanol–water partition coefficient (Wildman–Crippen LogP) is 4.02. The van der Waals surface area contributed by atoms with Crippen LogP contribution in [0, 0.1) is 11.3 Å². The molecule has 1 unspecified atom stereocenters. The number of alkyl halides is 1. The van der Waals surface area contributed by atoms with Crippen molar-refractivity contribution in [3.05, 3.63) is 70.3 Å². The molecule has 0 spiro atoms. The highest BCUT2D eigenvalue weighted by molar-refractivity contribution is 7.90. The first-order valence-corrected chi connectivity index (χ1v) is 12.5. The smallest absolute Gasteiger partial charge is 0.200 e. The second-order valence-corrected chi connectivity index (χ2v) is 10.1. The molecule has 174 valence electrons. The van der Waals surface area contributed by atoms with Crippen molar-refractivity contribution in [2.45, 2.75) is 24.1 Å². The van der Waals surface area contributed by atoms with Crippen LogP contribution in [0.3, 0.4) is 0 Å². The predicted molar refractivity (Wildman–Crippen MR) is 123 cm³/mol.